The van der Waals surface area contributed by atoms with Crippen molar-refractivity contribution in [2.24, 2.45) is 0 Å². The van der Waals surface area contributed by atoms with Crippen molar-refractivity contribution >= 4 is 28.6 Å². The number of rotatable bonds is 3. The average Bonchev–Trinajstić information content (AvgIpc) is 3.04. The lowest BCUT2D eigenvalue weighted by Crippen LogP contribution is -2.21. The molecule has 0 aliphatic rings. The molecule has 0 saturated carbocycles. The molecule has 0 radical (unpaired) electrons. The zero-order valence-corrected chi connectivity index (χ0v) is 11.0. The maximum Gasteiger partial charge on any atom is 0.261 e. The minimum absolute atomic E-state index is 0.134. The number of carbonyl (C=O) groups excluding carboxylic acids is 1. The molecular formula is C12H10N2O2S2. The maximum atomic E-state index is 11.8. The van der Waals surface area contributed by atoms with Crippen molar-refractivity contribution in [3.05, 3.63) is 38.5 Å². The molecule has 4 nitrogen and oxygen atoms in total. The minimum atomic E-state index is -0.177. The summed E-state index contributed by atoms with van der Waals surface area (Å²) < 4.78 is 0. The summed E-state index contributed by atoms with van der Waals surface area (Å²) in [5.74, 6) is 5.18. The number of amides is 1. The van der Waals surface area contributed by atoms with Gasteiger partial charge in [0.05, 0.1) is 27.5 Å². The van der Waals surface area contributed by atoms with Gasteiger partial charge in [-0.05, 0) is 12.1 Å². The van der Waals surface area contributed by atoms with E-state index in [0.29, 0.717) is 11.4 Å². The fraction of sp³-hybridized carbons (Fsp3) is 0.167. The number of carbonyl (C=O) groups is 1. The zero-order chi connectivity index (χ0) is 12.8. The molecule has 6 heteroatoms. The largest absolute Gasteiger partial charge is 0.384 e. The van der Waals surface area contributed by atoms with E-state index < -0.39 is 0 Å². The van der Waals surface area contributed by atoms with Crippen molar-refractivity contribution < 1.29 is 9.90 Å². The third kappa shape index (κ3) is 3.40. The Morgan fingerprint density at radius 2 is 2.39 bits per heavy atom. The second-order valence-electron chi connectivity index (χ2n) is 3.29. The van der Waals surface area contributed by atoms with Crippen LogP contribution in [0.15, 0.2) is 23.0 Å². The summed E-state index contributed by atoms with van der Waals surface area (Å²) in [6, 6.07) is 3.49. The average molecular weight is 278 g/mol. The summed E-state index contributed by atoms with van der Waals surface area (Å²) in [6.45, 7) is 0.251. The molecule has 0 unspecified atom stereocenters. The number of aliphatic hydroxyl groups is 1. The molecule has 0 aromatic carbocycles. The van der Waals surface area contributed by atoms with Crippen LogP contribution < -0.4 is 5.32 Å². The van der Waals surface area contributed by atoms with E-state index in [1.165, 1.54) is 22.7 Å². The Morgan fingerprint density at radius 1 is 1.50 bits per heavy atom. The van der Waals surface area contributed by atoms with Crippen molar-refractivity contribution in [3.63, 3.8) is 0 Å². The number of hydrogen-bond donors (Lipinski definition) is 2. The Kier molecular flexibility index (Phi) is 4.47. The SMILES string of the molecule is O=C(NCc1cscn1)c1ccc(C#CCO)s1. The van der Waals surface area contributed by atoms with Crippen LogP contribution in [0, 0.1) is 11.8 Å². The molecule has 2 aromatic rings. The first-order valence-corrected chi connectivity index (χ1v) is 6.90. The molecular weight excluding hydrogens is 268 g/mol. The van der Waals surface area contributed by atoms with Gasteiger partial charge in [0.1, 0.15) is 6.61 Å². The van der Waals surface area contributed by atoms with Gasteiger partial charge < -0.3 is 10.4 Å². The van der Waals surface area contributed by atoms with Gasteiger partial charge >= 0.3 is 0 Å². The van der Waals surface area contributed by atoms with Gasteiger partial charge in [-0.1, -0.05) is 11.8 Å². The lowest BCUT2D eigenvalue weighted by Gasteiger charge is -1.99. The Bertz CT molecular complexity index is 579. The zero-order valence-electron chi connectivity index (χ0n) is 9.34. The van der Waals surface area contributed by atoms with E-state index in [9.17, 15) is 4.79 Å². The number of aliphatic hydroxyl groups excluding tert-OH is 1. The van der Waals surface area contributed by atoms with Crippen LogP contribution in [-0.4, -0.2) is 22.6 Å². The van der Waals surface area contributed by atoms with E-state index in [1.54, 1.807) is 17.6 Å². The first-order chi connectivity index (χ1) is 8.79. The Hall–Kier alpha value is -1.68. The van der Waals surface area contributed by atoms with Gasteiger partial charge in [0, 0.05) is 5.38 Å². The predicted octanol–water partition coefficient (Wildman–Crippen LogP) is 1.48. The molecule has 0 aliphatic heterocycles. The topological polar surface area (TPSA) is 62.2 Å². The van der Waals surface area contributed by atoms with Crippen LogP contribution in [-0.2, 0) is 6.54 Å². The molecule has 1 amide bonds. The van der Waals surface area contributed by atoms with Crippen LogP contribution >= 0.6 is 22.7 Å². The number of hydrogen-bond acceptors (Lipinski definition) is 5. The molecule has 2 rings (SSSR count). The standard InChI is InChI=1S/C12H10N2O2S2/c15-5-1-2-10-3-4-11(18-10)12(16)13-6-9-7-17-8-14-9/h3-4,7-8,15H,5-6H2,(H,13,16). The monoisotopic (exact) mass is 278 g/mol. The van der Waals surface area contributed by atoms with Gasteiger partial charge in [-0.25, -0.2) is 4.98 Å². The minimum Gasteiger partial charge on any atom is -0.384 e. The normalized spacial score (nSPS) is 9.61. The van der Waals surface area contributed by atoms with E-state index >= 15 is 0 Å². The quantitative estimate of drug-likeness (QED) is 0.836. The molecule has 92 valence electrons. The third-order valence-electron chi connectivity index (χ3n) is 2.03. The first kappa shape index (κ1) is 12.8. The number of nitrogens with zero attached hydrogens (tertiary/aromatic N) is 1. The molecule has 0 spiro atoms. The lowest BCUT2D eigenvalue weighted by atomic mass is 10.4. The van der Waals surface area contributed by atoms with E-state index in [1.807, 2.05) is 5.38 Å². The van der Waals surface area contributed by atoms with E-state index in [2.05, 4.69) is 22.1 Å². The van der Waals surface area contributed by atoms with Crippen LogP contribution in [0.25, 0.3) is 0 Å². The van der Waals surface area contributed by atoms with E-state index in [-0.39, 0.29) is 12.5 Å². The summed E-state index contributed by atoms with van der Waals surface area (Å²) in [5, 5.41) is 13.3. The molecule has 0 fully saturated rings. The highest BCUT2D eigenvalue weighted by molar-refractivity contribution is 7.14. The van der Waals surface area contributed by atoms with Crippen molar-refractivity contribution in [2.75, 3.05) is 6.61 Å². The number of nitrogens with one attached hydrogen (secondary N) is 1. The first-order valence-electron chi connectivity index (χ1n) is 5.14. The maximum absolute atomic E-state index is 11.8. The van der Waals surface area contributed by atoms with Crippen molar-refractivity contribution in [2.45, 2.75) is 6.54 Å². The van der Waals surface area contributed by atoms with Gasteiger partial charge in [-0.3, -0.25) is 4.79 Å². The molecule has 0 aliphatic carbocycles. The second kappa shape index (κ2) is 6.31. The molecule has 0 saturated heterocycles. The fourth-order valence-corrected chi connectivity index (χ4v) is 2.59. The van der Waals surface area contributed by atoms with Crippen LogP contribution in [0.1, 0.15) is 20.2 Å². The Labute approximate surface area is 112 Å². The Morgan fingerprint density at radius 3 is 3.11 bits per heavy atom. The number of aromatic nitrogens is 1. The highest BCUT2D eigenvalue weighted by Gasteiger charge is 2.08. The van der Waals surface area contributed by atoms with Crippen molar-refractivity contribution in [1.29, 1.82) is 0 Å². The fourth-order valence-electron chi connectivity index (χ4n) is 1.24. The Balaban J connectivity index is 1.94. The molecule has 2 N–H and O–H groups in total. The van der Waals surface area contributed by atoms with Gasteiger partial charge in [-0.2, -0.15) is 0 Å². The predicted molar refractivity (Wildman–Crippen MR) is 71.6 cm³/mol. The van der Waals surface area contributed by atoms with Gasteiger partial charge in [0.2, 0.25) is 0 Å². The highest BCUT2D eigenvalue weighted by Crippen LogP contribution is 2.15. The van der Waals surface area contributed by atoms with E-state index in [4.69, 9.17) is 5.11 Å². The molecule has 0 bridgehead atoms. The molecule has 0 atom stereocenters. The van der Waals surface area contributed by atoms with Gasteiger partial charge in [-0.15, -0.1) is 22.7 Å². The summed E-state index contributed by atoms with van der Waals surface area (Å²) in [6.07, 6.45) is 0. The molecule has 18 heavy (non-hydrogen) atoms. The summed E-state index contributed by atoms with van der Waals surface area (Å²) in [4.78, 5) is 17.3. The number of thiazole rings is 1. The lowest BCUT2D eigenvalue weighted by molar-refractivity contribution is 0.0954. The number of thiophene rings is 1. The summed E-state index contributed by atoms with van der Waals surface area (Å²) >= 11 is 2.80. The van der Waals surface area contributed by atoms with Crippen LogP contribution in [0.3, 0.4) is 0 Å². The summed E-state index contributed by atoms with van der Waals surface area (Å²) in [7, 11) is 0. The van der Waals surface area contributed by atoms with Crippen LogP contribution in [0.2, 0.25) is 0 Å². The summed E-state index contributed by atoms with van der Waals surface area (Å²) in [5.41, 5.74) is 2.58. The van der Waals surface area contributed by atoms with Crippen LogP contribution in [0.5, 0.6) is 0 Å². The highest BCUT2D eigenvalue weighted by atomic mass is 32.1. The molecule has 2 aromatic heterocycles. The van der Waals surface area contributed by atoms with Gasteiger partial charge in [0.15, 0.2) is 0 Å². The van der Waals surface area contributed by atoms with Crippen molar-refractivity contribution in [1.82, 2.24) is 10.3 Å². The van der Waals surface area contributed by atoms with Crippen molar-refractivity contribution in [3.8, 4) is 11.8 Å². The smallest absolute Gasteiger partial charge is 0.261 e. The second-order valence-corrected chi connectivity index (χ2v) is 5.09. The van der Waals surface area contributed by atoms with E-state index in [0.717, 1.165) is 10.6 Å². The van der Waals surface area contributed by atoms with Gasteiger partial charge in [0.25, 0.3) is 5.91 Å². The van der Waals surface area contributed by atoms with Crippen LogP contribution in [0.4, 0.5) is 0 Å². The third-order valence-corrected chi connectivity index (χ3v) is 3.67. The molecule has 2 heterocycles.